The van der Waals surface area contributed by atoms with Crippen molar-refractivity contribution in [2.75, 3.05) is 37.7 Å². The molecule has 10 heteroatoms. The van der Waals surface area contributed by atoms with Gasteiger partial charge in [0.05, 0.1) is 25.0 Å². The van der Waals surface area contributed by atoms with Crippen LogP contribution < -0.4 is 15.2 Å². The van der Waals surface area contributed by atoms with Crippen LogP contribution in [0.15, 0.2) is 47.4 Å². The van der Waals surface area contributed by atoms with Gasteiger partial charge in [-0.3, -0.25) is 9.69 Å². The van der Waals surface area contributed by atoms with E-state index in [1.165, 1.54) is 0 Å². The largest absolute Gasteiger partial charge is 0.478 e. The molecule has 33 heavy (non-hydrogen) atoms. The zero-order chi connectivity index (χ0) is 22.8. The highest BCUT2D eigenvalue weighted by molar-refractivity contribution is 5.75. The van der Waals surface area contributed by atoms with Crippen LogP contribution in [0.4, 0.5) is 5.95 Å². The fraction of sp³-hybridized carbons (Fsp3) is 0.348. The third-order valence-corrected chi connectivity index (χ3v) is 5.63. The molecule has 5 rings (SSSR count). The summed E-state index contributed by atoms with van der Waals surface area (Å²) in [5.74, 6) is 1.93. The fourth-order valence-electron chi connectivity index (χ4n) is 4.00. The van der Waals surface area contributed by atoms with Crippen molar-refractivity contribution in [3.05, 3.63) is 64.5 Å². The van der Waals surface area contributed by atoms with E-state index in [1.54, 1.807) is 10.9 Å². The van der Waals surface area contributed by atoms with E-state index in [2.05, 4.69) is 29.9 Å². The van der Waals surface area contributed by atoms with Crippen LogP contribution >= 0.6 is 0 Å². The maximum absolute atomic E-state index is 12.6. The van der Waals surface area contributed by atoms with Gasteiger partial charge >= 0.3 is 0 Å². The molecule has 1 fully saturated rings. The van der Waals surface area contributed by atoms with Gasteiger partial charge in [-0.05, 0) is 26.0 Å². The minimum Gasteiger partial charge on any atom is -0.478 e. The number of nitrogens with zero attached hydrogens (tertiary/aromatic N) is 7. The van der Waals surface area contributed by atoms with Gasteiger partial charge in [0, 0.05) is 37.9 Å². The van der Waals surface area contributed by atoms with Gasteiger partial charge in [0.2, 0.25) is 11.8 Å². The topological polar surface area (TPSA) is 105 Å². The second-order valence-corrected chi connectivity index (χ2v) is 7.99. The fourth-order valence-corrected chi connectivity index (χ4v) is 4.00. The Labute approximate surface area is 190 Å². The summed E-state index contributed by atoms with van der Waals surface area (Å²) in [7, 11) is 0. The molecule has 1 N–H and O–H groups in total. The average Bonchev–Trinajstić information content (AvgIpc) is 3.25. The molecule has 4 heterocycles. The molecule has 4 aromatic rings. The quantitative estimate of drug-likeness (QED) is 0.479. The standard InChI is InChI=1S/C23H26N8O2/c1-3-33-20-13-16(2)25-23(28-20)30-11-9-29(10-12-30)15-19-26-21-18(22(32)27-19)14-24-31(21)17-7-5-4-6-8-17/h4-8,13-14H,3,9-12,15H2,1-2H3,(H,26,27,32). The zero-order valence-electron chi connectivity index (χ0n) is 18.7. The summed E-state index contributed by atoms with van der Waals surface area (Å²) < 4.78 is 7.27. The number of fused-ring (bicyclic) bond motifs is 1. The van der Waals surface area contributed by atoms with Crippen LogP contribution in [-0.2, 0) is 6.54 Å². The Morgan fingerprint density at radius 2 is 1.85 bits per heavy atom. The molecular formula is C23H26N8O2. The van der Waals surface area contributed by atoms with E-state index < -0.39 is 0 Å². The smallest absolute Gasteiger partial charge is 0.262 e. The molecule has 0 radical (unpaired) electrons. The molecule has 0 aliphatic carbocycles. The van der Waals surface area contributed by atoms with E-state index in [9.17, 15) is 4.79 Å². The first-order valence-corrected chi connectivity index (χ1v) is 11.1. The number of benzene rings is 1. The lowest BCUT2D eigenvalue weighted by Crippen LogP contribution is -2.47. The number of hydrogen-bond donors (Lipinski definition) is 1. The third-order valence-electron chi connectivity index (χ3n) is 5.63. The summed E-state index contributed by atoms with van der Waals surface area (Å²) in [5.41, 5.74) is 2.15. The second-order valence-electron chi connectivity index (χ2n) is 7.99. The van der Waals surface area contributed by atoms with E-state index in [0.717, 1.165) is 37.6 Å². The summed E-state index contributed by atoms with van der Waals surface area (Å²) in [6.45, 7) is 8.19. The van der Waals surface area contributed by atoms with Gasteiger partial charge in [-0.1, -0.05) is 18.2 Å². The summed E-state index contributed by atoms with van der Waals surface area (Å²) in [5, 5.41) is 4.86. The average molecular weight is 447 g/mol. The van der Waals surface area contributed by atoms with Crippen molar-refractivity contribution < 1.29 is 4.74 Å². The SMILES string of the molecule is CCOc1cc(C)nc(N2CCN(Cc3nc4c(cnn4-c4ccccc4)c(=O)[nH]3)CC2)n1. The van der Waals surface area contributed by atoms with Crippen LogP contribution in [0, 0.1) is 6.92 Å². The Balaban J connectivity index is 1.31. The maximum Gasteiger partial charge on any atom is 0.262 e. The zero-order valence-corrected chi connectivity index (χ0v) is 18.7. The molecule has 1 aliphatic rings. The summed E-state index contributed by atoms with van der Waals surface area (Å²) in [6, 6.07) is 11.6. The van der Waals surface area contributed by atoms with Gasteiger partial charge in [0.15, 0.2) is 5.65 Å². The number of para-hydroxylation sites is 1. The van der Waals surface area contributed by atoms with Crippen molar-refractivity contribution in [1.82, 2.24) is 34.6 Å². The molecule has 3 aromatic heterocycles. The molecule has 170 valence electrons. The van der Waals surface area contributed by atoms with E-state index >= 15 is 0 Å². The molecule has 0 amide bonds. The number of nitrogens with one attached hydrogen (secondary N) is 1. The number of H-pyrrole nitrogens is 1. The molecule has 0 atom stereocenters. The van der Waals surface area contributed by atoms with Crippen molar-refractivity contribution in [3.63, 3.8) is 0 Å². The Kier molecular flexibility index (Phi) is 5.74. The van der Waals surface area contributed by atoms with Gasteiger partial charge in [0.1, 0.15) is 11.2 Å². The minimum absolute atomic E-state index is 0.174. The van der Waals surface area contributed by atoms with Gasteiger partial charge < -0.3 is 14.6 Å². The Hall–Kier alpha value is -3.79. The van der Waals surface area contributed by atoms with Crippen molar-refractivity contribution in [1.29, 1.82) is 0 Å². The van der Waals surface area contributed by atoms with E-state index in [-0.39, 0.29) is 5.56 Å². The van der Waals surface area contributed by atoms with E-state index in [4.69, 9.17) is 9.72 Å². The molecule has 10 nitrogen and oxygen atoms in total. The molecular weight excluding hydrogens is 420 g/mol. The highest BCUT2D eigenvalue weighted by Crippen LogP contribution is 2.18. The van der Waals surface area contributed by atoms with Crippen LogP contribution in [0.25, 0.3) is 16.7 Å². The molecule has 1 saturated heterocycles. The molecule has 0 bridgehead atoms. The Morgan fingerprint density at radius 1 is 1.06 bits per heavy atom. The van der Waals surface area contributed by atoms with Crippen molar-refractivity contribution in [3.8, 4) is 11.6 Å². The monoisotopic (exact) mass is 446 g/mol. The lowest BCUT2D eigenvalue weighted by molar-refractivity contribution is 0.242. The third kappa shape index (κ3) is 4.42. The van der Waals surface area contributed by atoms with Gasteiger partial charge in [-0.25, -0.2) is 14.6 Å². The number of rotatable bonds is 6. The lowest BCUT2D eigenvalue weighted by Gasteiger charge is -2.34. The highest BCUT2D eigenvalue weighted by Gasteiger charge is 2.21. The van der Waals surface area contributed by atoms with Gasteiger partial charge in [0.25, 0.3) is 5.56 Å². The number of aryl methyl sites for hydroxylation is 1. The first-order chi connectivity index (χ1) is 16.1. The molecule has 1 aromatic carbocycles. The van der Waals surface area contributed by atoms with Crippen molar-refractivity contribution in [2.45, 2.75) is 20.4 Å². The van der Waals surface area contributed by atoms with E-state index in [1.807, 2.05) is 50.2 Å². The number of piperazine rings is 1. The maximum atomic E-state index is 12.6. The number of anilines is 1. The predicted octanol–water partition coefficient (Wildman–Crippen LogP) is 1.93. The van der Waals surface area contributed by atoms with E-state index in [0.29, 0.717) is 41.8 Å². The van der Waals surface area contributed by atoms with Crippen LogP contribution in [-0.4, -0.2) is 67.4 Å². The number of aromatic amines is 1. The van der Waals surface area contributed by atoms with Crippen molar-refractivity contribution >= 4 is 17.0 Å². The highest BCUT2D eigenvalue weighted by atomic mass is 16.5. The minimum atomic E-state index is -0.174. The molecule has 0 saturated carbocycles. The Bertz CT molecular complexity index is 1310. The normalized spacial score (nSPS) is 14.7. The first-order valence-electron chi connectivity index (χ1n) is 11.1. The van der Waals surface area contributed by atoms with Gasteiger partial charge in [-0.15, -0.1) is 0 Å². The van der Waals surface area contributed by atoms with Crippen molar-refractivity contribution in [2.24, 2.45) is 0 Å². The predicted molar refractivity (Wildman–Crippen MR) is 125 cm³/mol. The summed E-state index contributed by atoms with van der Waals surface area (Å²) in [4.78, 5) is 33.8. The first kappa shape index (κ1) is 21.1. The van der Waals surface area contributed by atoms with Crippen LogP contribution in [0.2, 0.25) is 0 Å². The lowest BCUT2D eigenvalue weighted by atomic mass is 10.3. The Morgan fingerprint density at radius 3 is 2.61 bits per heavy atom. The number of hydrogen-bond acceptors (Lipinski definition) is 8. The van der Waals surface area contributed by atoms with Gasteiger partial charge in [-0.2, -0.15) is 10.1 Å². The van der Waals surface area contributed by atoms with Crippen LogP contribution in [0.1, 0.15) is 18.4 Å². The second kappa shape index (κ2) is 8.99. The molecule has 1 aliphatic heterocycles. The summed E-state index contributed by atoms with van der Waals surface area (Å²) in [6.07, 6.45) is 1.56. The van der Waals surface area contributed by atoms with Crippen LogP contribution in [0.5, 0.6) is 5.88 Å². The van der Waals surface area contributed by atoms with Crippen LogP contribution in [0.3, 0.4) is 0 Å². The molecule has 0 spiro atoms. The molecule has 0 unspecified atom stereocenters. The number of ether oxygens (including phenoxy) is 1. The number of aromatic nitrogens is 6. The summed E-state index contributed by atoms with van der Waals surface area (Å²) >= 11 is 0.